The van der Waals surface area contributed by atoms with Gasteiger partial charge in [-0.1, -0.05) is 215 Å². The van der Waals surface area contributed by atoms with E-state index in [1.54, 1.807) is 0 Å². The smallest absolute Gasteiger partial charge is 0.199 e. The molecule has 0 spiro atoms. The lowest BCUT2D eigenvalue weighted by molar-refractivity contribution is 0.0934. The third-order valence-electron chi connectivity index (χ3n) is 13.5. The maximum Gasteiger partial charge on any atom is 0.199 e. The van der Waals surface area contributed by atoms with Crippen LogP contribution in [0.3, 0.4) is 0 Å². The molecule has 0 bridgehead atoms. The maximum atomic E-state index is 14.3. The minimum atomic E-state index is -1.03. The monoisotopic (exact) mass is 974 g/mol. The zero-order valence-corrected chi connectivity index (χ0v) is 41.3. The van der Waals surface area contributed by atoms with Gasteiger partial charge in [-0.05, 0) is 86.3 Å². The number of halogens is 3. The van der Waals surface area contributed by atoms with Crippen LogP contribution < -0.4 is 10.6 Å². The molecule has 6 nitrogen and oxygen atoms in total. The summed E-state index contributed by atoms with van der Waals surface area (Å²) in [5.74, 6) is 0.139. The fraction of sp³-hybridized carbons (Fsp3) is 0.115. The first kappa shape index (κ1) is 46.4. The Balaban J connectivity index is 0.000000151. The molecule has 0 fully saturated rings. The van der Waals surface area contributed by atoms with Crippen LogP contribution in [0.1, 0.15) is 65.2 Å². The number of aromatic nitrogens is 2. The second-order valence-electron chi connectivity index (χ2n) is 18.1. The van der Waals surface area contributed by atoms with Crippen molar-refractivity contribution in [3.63, 3.8) is 0 Å². The average molecular weight is 976 g/mol. The first-order valence-electron chi connectivity index (χ1n) is 23.2. The highest BCUT2D eigenvalue weighted by atomic mass is 35.6. The van der Waals surface area contributed by atoms with Crippen LogP contribution in [0, 0.1) is 27.7 Å². The Morgan fingerprint density at radius 2 is 0.686 bits per heavy atom. The van der Waals surface area contributed by atoms with Crippen molar-refractivity contribution in [2.75, 3.05) is 10.6 Å². The molecule has 0 saturated carbocycles. The van der Waals surface area contributed by atoms with Gasteiger partial charge in [-0.25, -0.2) is 0 Å². The molecule has 2 aromatic heterocycles. The number of Topliss-reactive ketones (excluding diaryl/α,β-unsaturated/α-hetero) is 2. The van der Waals surface area contributed by atoms with E-state index in [1.807, 2.05) is 72.8 Å². The average Bonchev–Trinajstić information content (AvgIpc) is 4.11. The number of anilines is 2. The number of hydrogen-bond donors (Lipinski definition) is 4. The van der Waals surface area contributed by atoms with Gasteiger partial charge in [0.2, 0.25) is 0 Å². The van der Waals surface area contributed by atoms with E-state index in [4.69, 9.17) is 34.8 Å². The maximum absolute atomic E-state index is 14.3. The Hall–Kier alpha value is -7.35. The molecule has 70 heavy (non-hydrogen) atoms. The summed E-state index contributed by atoms with van der Waals surface area (Å²) in [5, 5.41) is 9.45. The summed E-state index contributed by atoms with van der Waals surface area (Å²) in [6.45, 7) is 8.31. The topological polar surface area (TPSA) is 89.8 Å². The Kier molecular flexibility index (Phi) is 12.5. The van der Waals surface area contributed by atoms with E-state index in [0.29, 0.717) is 0 Å². The summed E-state index contributed by atoms with van der Waals surface area (Å²) in [6, 6.07) is 65.7. The number of nitrogens with one attached hydrogen (secondary N) is 4. The molecule has 2 aliphatic heterocycles. The third-order valence-corrected chi connectivity index (χ3v) is 13.5. The van der Waals surface area contributed by atoms with Gasteiger partial charge >= 0.3 is 0 Å². The zero-order chi connectivity index (χ0) is 48.7. The summed E-state index contributed by atoms with van der Waals surface area (Å²) in [5.41, 5.74) is 15.7. The lowest BCUT2D eigenvalue weighted by Gasteiger charge is -2.31. The van der Waals surface area contributed by atoms with Crippen LogP contribution in [0.4, 0.5) is 11.4 Å². The van der Waals surface area contributed by atoms with E-state index in [0.717, 1.165) is 100 Å². The van der Waals surface area contributed by atoms with Crippen molar-refractivity contribution in [1.82, 2.24) is 9.97 Å². The third kappa shape index (κ3) is 8.16. The largest absolute Gasteiger partial charge is 0.365 e. The van der Waals surface area contributed by atoms with E-state index in [1.165, 1.54) is 11.1 Å². The van der Waals surface area contributed by atoms with Gasteiger partial charge in [0, 0.05) is 55.4 Å². The van der Waals surface area contributed by atoms with Gasteiger partial charge in [0.25, 0.3) is 0 Å². The molecule has 0 saturated heterocycles. The van der Waals surface area contributed by atoms with Gasteiger partial charge in [0.15, 0.2) is 26.9 Å². The number of H-pyrrole nitrogens is 2. The van der Waals surface area contributed by atoms with Crippen molar-refractivity contribution in [1.29, 1.82) is 0 Å². The van der Waals surface area contributed by atoms with Crippen LogP contribution in [-0.4, -0.2) is 25.8 Å². The standard InChI is InChI=1S/2C30H24N2O.CHCl3/c2*1-19-11-15-21(16-12-19)28-27(23-7-3-5-9-25(23)31-28)30(22-17-13-20(2)14-18-22)29(33)24-8-4-6-10-26(24)32-30;2-1(3)4/h2*3-18,31-32H,1-2H3;1H/t2*30-;/m11./s1. The van der Waals surface area contributed by atoms with Gasteiger partial charge in [-0.15, -0.1) is 0 Å². The molecule has 4 heterocycles. The molecule has 0 unspecified atom stereocenters. The fourth-order valence-electron chi connectivity index (χ4n) is 10.1. The normalized spacial score (nSPS) is 16.7. The summed E-state index contributed by atoms with van der Waals surface area (Å²) in [6.07, 6.45) is 0. The number of alkyl halides is 3. The number of benzene rings is 8. The van der Waals surface area contributed by atoms with Gasteiger partial charge in [-0.3, -0.25) is 9.59 Å². The molecular weight excluding hydrogens is 927 g/mol. The molecule has 0 amide bonds. The van der Waals surface area contributed by atoms with Gasteiger partial charge < -0.3 is 20.6 Å². The number of fused-ring (bicyclic) bond motifs is 4. The molecule has 10 aromatic rings. The van der Waals surface area contributed by atoms with Crippen molar-refractivity contribution in [2.45, 2.75) is 43.1 Å². The molecule has 346 valence electrons. The molecule has 12 rings (SSSR count). The van der Waals surface area contributed by atoms with Gasteiger partial charge in [0.1, 0.15) is 0 Å². The number of para-hydroxylation sites is 4. The molecule has 8 aromatic carbocycles. The quantitative estimate of drug-likeness (QED) is 0.125. The first-order valence-corrected chi connectivity index (χ1v) is 24.5. The van der Waals surface area contributed by atoms with Gasteiger partial charge in [-0.2, -0.15) is 0 Å². The van der Waals surface area contributed by atoms with Crippen molar-refractivity contribution in [3.05, 3.63) is 250 Å². The van der Waals surface area contributed by atoms with E-state index in [9.17, 15) is 9.59 Å². The van der Waals surface area contributed by atoms with Crippen molar-refractivity contribution in [3.8, 4) is 22.5 Å². The number of ketones is 2. The summed E-state index contributed by atoms with van der Waals surface area (Å²) in [4.78, 5) is 35.9. The second kappa shape index (κ2) is 18.9. The van der Waals surface area contributed by atoms with Crippen LogP contribution >= 0.6 is 34.8 Å². The second-order valence-corrected chi connectivity index (χ2v) is 20.0. The lowest BCUT2D eigenvalue weighted by Crippen LogP contribution is -2.40. The van der Waals surface area contributed by atoms with E-state index in [2.05, 4.69) is 170 Å². The minimum Gasteiger partial charge on any atom is -0.365 e. The number of hydrogen-bond acceptors (Lipinski definition) is 4. The number of rotatable bonds is 6. The predicted molar refractivity (Wildman–Crippen MR) is 291 cm³/mol. The Bertz CT molecular complexity index is 3320. The Morgan fingerprint density at radius 3 is 1.03 bits per heavy atom. The minimum absolute atomic E-state index is 0.0695. The SMILES string of the molecule is Cc1ccc(-c2[nH]c3ccccc3c2[C@@]2(c3ccc(C)cc3)Nc3ccccc3C2=O)cc1.Cc1ccc(-c2[nH]c3ccccc3c2[C@@]2(c3ccc(C)cc3)Nc3ccccc3C2=O)cc1.ClC(Cl)Cl. The molecule has 0 aliphatic carbocycles. The van der Waals surface area contributed by atoms with Crippen LogP contribution in [0.2, 0.25) is 0 Å². The molecule has 2 aliphatic rings. The highest BCUT2D eigenvalue weighted by molar-refractivity contribution is 6.63. The van der Waals surface area contributed by atoms with E-state index >= 15 is 0 Å². The molecule has 9 heteroatoms. The van der Waals surface area contributed by atoms with Crippen molar-refractivity contribution in [2.24, 2.45) is 0 Å². The van der Waals surface area contributed by atoms with Crippen molar-refractivity contribution >= 4 is 79.5 Å². The number of carbonyl (C=O) groups excluding carboxylic acids is 2. The summed E-state index contributed by atoms with van der Waals surface area (Å²) < 4.78 is -0.750. The van der Waals surface area contributed by atoms with Gasteiger partial charge in [0.05, 0.1) is 11.4 Å². The summed E-state index contributed by atoms with van der Waals surface area (Å²) >= 11 is 14.4. The van der Waals surface area contributed by atoms with Crippen LogP contribution in [0.5, 0.6) is 0 Å². The highest BCUT2D eigenvalue weighted by Crippen LogP contribution is 2.51. The van der Waals surface area contributed by atoms with Crippen molar-refractivity contribution < 1.29 is 9.59 Å². The Labute approximate surface area is 422 Å². The fourth-order valence-corrected chi connectivity index (χ4v) is 10.1. The van der Waals surface area contributed by atoms with Crippen LogP contribution in [0.15, 0.2) is 194 Å². The van der Waals surface area contributed by atoms with E-state index in [-0.39, 0.29) is 11.6 Å². The number of carbonyl (C=O) groups is 2. The van der Waals surface area contributed by atoms with Crippen LogP contribution in [0.25, 0.3) is 44.3 Å². The number of aryl methyl sites for hydroxylation is 4. The highest BCUT2D eigenvalue weighted by Gasteiger charge is 2.52. The zero-order valence-electron chi connectivity index (χ0n) is 39.0. The molecule has 2 atom stereocenters. The molecule has 0 radical (unpaired) electrons. The number of aromatic amines is 2. The van der Waals surface area contributed by atoms with Crippen LogP contribution in [-0.2, 0) is 11.1 Å². The first-order chi connectivity index (χ1) is 33.9. The summed E-state index contributed by atoms with van der Waals surface area (Å²) in [7, 11) is 0. The molecular formula is C61H49Cl3N4O2. The predicted octanol–water partition coefficient (Wildman–Crippen LogP) is 16.0. The lowest BCUT2D eigenvalue weighted by atomic mass is 9.77. The molecule has 4 N–H and O–H groups in total. The Morgan fingerprint density at radius 1 is 0.386 bits per heavy atom. The van der Waals surface area contributed by atoms with E-state index < -0.39 is 15.4 Å².